The number of non-ortho nitro benzene ring substituents is 1. The fraction of sp³-hybridized carbons (Fsp3) is 0.385. The van der Waals surface area contributed by atoms with Gasteiger partial charge in [-0.3, -0.25) is 0 Å². The van der Waals surface area contributed by atoms with Gasteiger partial charge in [-0.15, -0.1) is 0 Å². The number of benzene rings is 1. The van der Waals surface area contributed by atoms with E-state index in [-0.39, 0.29) is 9.99 Å². The van der Waals surface area contributed by atoms with Gasteiger partial charge in [0.25, 0.3) is 0 Å². The first-order valence-corrected chi connectivity index (χ1v) is 13.6. The number of nitrogens with zero attached hydrogens (tertiary/aromatic N) is 1. The normalized spacial score (nSPS) is 14.3. The van der Waals surface area contributed by atoms with Crippen molar-refractivity contribution >= 4 is 46.2 Å². The Kier molecular flexibility index (Phi) is 8.70. The van der Waals surface area contributed by atoms with Crippen molar-refractivity contribution in [1.82, 2.24) is 0 Å². The monoisotopic (exact) mass is 615 g/mol. The van der Waals surface area contributed by atoms with Gasteiger partial charge in [-0.05, 0) is 0 Å². The average molecular weight is 615 g/mol. The number of rotatable bonds is 9. The van der Waals surface area contributed by atoms with E-state index in [2.05, 4.69) is 6.70 Å². The van der Waals surface area contributed by atoms with Gasteiger partial charge in [0.1, 0.15) is 0 Å². The molecule has 0 heterocycles. The van der Waals surface area contributed by atoms with E-state index < -0.39 is 74.3 Å². The van der Waals surface area contributed by atoms with Crippen molar-refractivity contribution in [3.63, 3.8) is 0 Å². The molecule has 9 nitrogen and oxygen atoms in total. The van der Waals surface area contributed by atoms with Crippen molar-refractivity contribution in [3.8, 4) is 0 Å². The summed E-state index contributed by atoms with van der Waals surface area (Å²) in [7, 11) is -12.4. The van der Waals surface area contributed by atoms with Gasteiger partial charge >= 0.3 is 180 Å². The summed E-state index contributed by atoms with van der Waals surface area (Å²) in [5.74, 6) is -0.985. The molecular weight excluding hydrogens is 603 g/mol. The van der Waals surface area contributed by atoms with Gasteiger partial charge in [0.15, 0.2) is 0 Å². The second kappa shape index (κ2) is 9.86. The molecule has 178 valence electrons. The molecule has 1 aromatic rings. The summed E-state index contributed by atoms with van der Waals surface area (Å²) in [5.41, 5.74) is -12.3. The number of alkyl halides is 6. The molecule has 0 unspecified atom stereocenters. The topological polar surface area (TPSA) is 130 Å². The summed E-state index contributed by atoms with van der Waals surface area (Å²) < 4.78 is 129. The molecule has 1 aromatic carbocycles. The van der Waals surface area contributed by atoms with Crippen molar-refractivity contribution in [2.45, 2.75) is 30.8 Å². The molecule has 0 bridgehead atoms. The van der Waals surface area contributed by atoms with Crippen LogP contribution in [0, 0.1) is 13.7 Å². The Labute approximate surface area is 179 Å². The second-order valence-electron chi connectivity index (χ2n) is 5.28. The predicted molar refractivity (Wildman–Crippen MR) is 101 cm³/mol. The van der Waals surface area contributed by atoms with Crippen LogP contribution in [0.5, 0.6) is 0 Å². The van der Waals surface area contributed by atoms with Gasteiger partial charge in [0, 0.05) is 0 Å². The van der Waals surface area contributed by atoms with Crippen LogP contribution < -0.4 is 0 Å². The van der Waals surface area contributed by atoms with E-state index >= 15 is 0 Å². The van der Waals surface area contributed by atoms with Crippen LogP contribution in [0.15, 0.2) is 34.1 Å². The van der Waals surface area contributed by atoms with E-state index in [0.717, 1.165) is 24.3 Å². The molecule has 0 aliphatic carbocycles. The summed E-state index contributed by atoms with van der Waals surface area (Å²) >= 11 is -4.27. The zero-order valence-electron chi connectivity index (χ0n) is 15.0. The first kappa shape index (κ1) is 27.4. The van der Waals surface area contributed by atoms with Crippen LogP contribution in [0.1, 0.15) is 19.8 Å². The summed E-state index contributed by atoms with van der Waals surface area (Å²) in [6.45, 7) is 1.37. The van der Waals surface area contributed by atoms with Crippen molar-refractivity contribution in [3.05, 3.63) is 47.8 Å². The molecule has 0 aliphatic rings. The number of nitro groups is 1. The van der Waals surface area contributed by atoms with E-state index in [1.165, 1.54) is 6.92 Å². The van der Waals surface area contributed by atoms with Gasteiger partial charge in [-0.25, -0.2) is 0 Å². The van der Waals surface area contributed by atoms with Crippen LogP contribution in [0.3, 0.4) is 0 Å². The Morgan fingerprint density at radius 3 is 1.90 bits per heavy atom. The van der Waals surface area contributed by atoms with Crippen LogP contribution in [-0.4, -0.2) is 32.8 Å². The molecule has 0 N–H and O–H groups in total. The molecule has 0 spiro atoms. The zero-order valence-corrected chi connectivity index (χ0v) is 18.8. The Hall–Kier alpha value is -1.67. The van der Waals surface area contributed by atoms with Crippen LogP contribution in [0.4, 0.5) is 32.0 Å². The number of hydrogen-bond acceptors (Lipinski definition) is 8. The summed E-state index contributed by atoms with van der Waals surface area (Å²) in [6, 6.07) is 3.27. The van der Waals surface area contributed by atoms with Gasteiger partial charge in [-0.2, -0.15) is 0 Å². The van der Waals surface area contributed by atoms with E-state index in [9.17, 15) is 53.3 Å². The Balaban J connectivity index is 3.53. The van der Waals surface area contributed by atoms with Crippen LogP contribution >= 0.6 is 20.2 Å². The van der Waals surface area contributed by atoms with Gasteiger partial charge in [0.05, 0.1) is 0 Å². The molecule has 0 amide bonds. The molecule has 1 rings (SSSR count). The third kappa shape index (κ3) is 7.45. The maximum absolute atomic E-state index is 12.7. The molecule has 0 saturated carbocycles. The second-order valence-corrected chi connectivity index (χ2v) is 12.8. The van der Waals surface area contributed by atoms with Crippen LogP contribution in [-0.2, 0) is 26.9 Å². The van der Waals surface area contributed by atoms with Crippen LogP contribution in [0.2, 0.25) is 0 Å². The first-order valence-electron chi connectivity index (χ1n) is 7.57. The van der Waals surface area contributed by atoms with Gasteiger partial charge < -0.3 is 0 Å². The Morgan fingerprint density at radius 1 is 1.03 bits per heavy atom. The summed E-state index contributed by atoms with van der Waals surface area (Å²) in [5, 5.41) is 10.7. The molecule has 0 aromatic heterocycles. The summed E-state index contributed by atoms with van der Waals surface area (Å²) in [4.78, 5) is 9.83. The molecule has 18 heteroatoms. The molecule has 0 fully saturated rings. The van der Waals surface area contributed by atoms with E-state index in [0.29, 0.717) is 4.08 Å². The minimum atomic E-state index is -6.24. The maximum atomic E-state index is 12.7. The number of halogens is 7. The molecule has 31 heavy (non-hydrogen) atoms. The van der Waals surface area contributed by atoms with E-state index in [4.69, 9.17) is 0 Å². The van der Waals surface area contributed by atoms with Crippen molar-refractivity contribution in [1.29, 1.82) is 0 Å². The fourth-order valence-electron chi connectivity index (χ4n) is 1.59. The molecule has 0 radical (unpaired) electrons. The number of hydrogen-bond donors (Lipinski definition) is 0. The van der Waals surface area contributed by atoms with Crippen molar-refractivity contribution in [2.24, 2.45) is 0 Å². The first-order chi connectivity index (χ1) is 13.9. The van der Waals surface area contributed by atoms with Gasteiger partial charge in [0.2, 0.25) is 0 Å². The standard InChI is InChI=1S/C13H12F6INO8S2/c1-2-3-11(28-30(24,25)12(14,15)16)8-20(29-31(26,27)13(17,18)19)9-4-6-10(7-5-9)21(22)23/h4-8H,2-3H2,1H3/b11-8+. The zero-order chi connectivity index (χ0) is 24.3. The fourth-order valence-corrected chi connectivity index (χ4v) is 8.20. The van der Waals surface area contributed by atoms with Crippen molar-refractivity contribution in [2.75, 3.05) is 0 Å². The molecule has 0 atom stereocenters. The molecule has 0 saturated heterocycles. The van der Waals surface area contributed by atoms with Crippen molar-refractivity contribution < 1.29 is 54.8 Å². The van der Waals surface area contributed by atoms with Crippen LogP contribution in [0.25, 0.3) is 0 Å². The third-order valence-electron chi connectivity index (χ3n) is 2.90. The van der Waals surface area contributed by atoms with E-state index in [1.807, 2.05) is 0 Å². The average Bonchev–Trinajstić information content (AvgIpc) is 2.59. The van der Waals surface area contributed by atoms with Gasteiger partial charge in [-0.1, -0.05) is 0 Å². The molecule has 0 aliphatic heterocycles. The van der Waals surface area contributed by atoms with E-state index in [1.54, 1.807) is 0 Å². The SMILES string of the molecule is CCC/C(=C\I(OS(=O)(=O)C(F)(F)F)c1ccc([N+](=O)[O-])cc1)OS(=O)(=O)C(F)(F)F. The summed E-state index contributed by atoms with van der Waals surface area (Å²) in [6.07, 6.45) is -0.554. The number of allylic oxidation sites excluding steroid dienone is 1. The third-order valence-corrected chi connectivity index (χ3v) is 10.6. The number of nitro benzene ring substituents is 1. The predicted octanol–water partition coefficient (Wildman–Crippen LogP) is 4.56. The quantitative estimate of drug-likeness (QED) is 0.0753. The Morgan fingerprint density at radius 2 is 1.52 bits per heavy atom. The molecular formula is C13H12F6INO8S2. The minimum absolute atomic E-state index is 0.0323. The Bertz CT molecular complexity index is 1040.